The van der Waals surface area contributed by atoms with Crippen LogP contribution in [0.25, 0.3) is 10.2 Å². The van der Waals surface area contributed by atoms with Gasteiger partial charge in [0.2, 0.25) is 0 Å². The molecule has 0 atom stereocenters. The molecule has 1 N–H and O–H groups in total. The van der Waals surface area contributed by atoms with Crippen LogP contribution in [0.2, 0.25) is 0 Å². The normalized spacial score (nSPS) is 11.4. The number of aryl methyl sites for hydroxylation is 2. The molecule has 0 saturated carbocycles. The molecule has 0 aliphatic carbocycles. The molecule has 0 fully saturated rings. The van der Waals surface area contributed by atoms with Gasteiger partial charge in [-0.25, -0.2) is 4.98 Å². The van der Waals surface area contributed by atoms with E-state index in [2.05, 4.69) is 47.4 Å². The van der Waals surface area contributed by atoms with E-state index in [0.29, 0.717) is 0 Å². The van der Waals surface area contributed by atoms with Crippen molar-refractivity contribution in [1.82, 2.24) is 20.1 Å². The minimum atomic E-state index is 0.871. The molecule has 0 bridgehead atoms. The van der Waals surface area contributed by atoms with Crippen molar-refractivity contribution in [1.29, 1.82) is 0 Å². The molecule has 3 aromatic rings. The number of benzene rings is 1. The number of aromatic nitrogens is 3. The van der Waals surface area contributed by atoms with E-state index in [0.717, 1.165) is 30.7 Å². The van der Waals surface area contributed by atoms with Crippen molar-refractivity contribution < 1.29 is 0 Å². The molecule has 5 heteroatoms. The average Bonchev–Trinajstić information content (AvgIpc) is 2.98. The van der Waals surface area contributed by atoms with Crippen LogP contribution in [0.5, 0.6) is 0 Å². The van der Waals surface area contributed by atoms with Crippen molar-refractivity contribution in [3.63, 3.8) is 0 Å². The SMILES string of the molecule is Cc1nn(C)c(C)c1CNCCc1nc2ccccc2s1. The Labute approximate surface area is 128 Å². The monoisotopic (exact) mass is 300 g/mol. The first-order valence-electron chi connectivity index (χ1n) is 7.19. The molecule has 0 radical (unpaired) electrons. The minimum absolute atomic E-state index is 0.871. The molecule has 2 heterocycles. The van der Waals surface area contributed by atoms with Crippen LogP contribution < -0.4 is 5.32 Å². The van der Waals surface area contributed by atoms with Crippen LogP contribution in [0.4, 0.5) is 0 Å². The lowest BCUT2D eigenvalue weighted by atomic mass is 10.2. The van der Waals surface area contributed by atoms with E-state index in [1.54, 1.807) is 11.3 Å². The lowest BCUT2D eigenvalue weighted by Gasteiger charge is -2.04. The van der Waals surface area contributed by atoms with Crippen molar-refractivity contribution in [2.45, 2.75) is 26.8 Å². The molecule has 4 nitrogen and oxygen atoms in total. The predicted molar refractivity (Wildman–Crippen MR) is 87.7 cm³/mol. The maximum absolute atomic E-state index is 4.66. The highest BCUT2D eigenvalue weighted by molar-refractivity contribution is 7.18. The zero-order valence-corrected chi connectivity index (χ0v) is 13.5. The van der Waals surface area contributed by atoms with Crippen LogP contribution in [0.15, 0.2) is 24.3 Å². The van der Waals surface area contributed by atoms with E-state index in [-0.39, 0.29) is 0 Å². The summed E-state index contributed by atoms with van der Waals surface area (Å²) in [7, 11) is 1.99. The van der Waals surface area contributed by atoms with E-state index in [1.807, 2.05) is 17.8 Å². The fraction of sp³-hybridized carbons (Fsp3) is 0.375. The Hall–Kier alpha value is -1.72. The molecule has 0 aliphatic heterocycles. The molecule has 0 spiro atoms. The van der Waals surface area contributed by atoms with Crippen molar-refractivity contribution >= 4 is 21.6 Å². The van der Waals surface area contributed by atoms with Gasteiger partial charge >= 0.3 is 0 Å². The quantitative estimate of drug-likeness (QED) is 0.737. The Bertz CT molecular complexity index is 724. The first kappa shape index (κ1) is 14.2. The first-order chi connectivity index (χ1) is 10.1. The molecule has 0 saturated heterocycles. The fourth-order valence-electron chi connectivity index (χ4n) is 2.51. The number of hydrogen-bond acceptors (Lipinski definition) is 4. The maximum atomic E-state index is 4.66. The van der Waals surface area contributed by atoms with Gasteiger partial charge in [-0.2, -0.15) is 5.10 Å². The van der Waals surface area contributed by atoms with Crippen LogP contribution in [0.1, 0.15) is 22.0 Å². The molecule has 110 valence electrons. The number of nitrogens with one attached hydrogen (secondary N) is 1. The van der Waals surface area contributed by atoms with E-state index in [1.165, 1.54) is 21.0 Å². The number of rotatable bonds is 5. The standard InChI is InChI=1S/C16H20N4S/c1-11-13(12(2)20(3)19-11)10-17-9-8-16-18-14-6-4-5-7-15(14)21-16/h4-7,17H,8-10H2,1-3H3. The van der Waals surface area contributed by atoms with Crippen LogP contribution >= 0.6 is 11.3 Å². The van der Waals surface area contributed by atoms with Crippen LogP contribution in [0, 0.1) is 13.8 Å². The minimum Gasteiger partial charge on any atom is -0.312 e. The van der Waals surface area contributed by atoms with Gasteiger partial charge in [0.15, 0.2) is 0 Å². The number of para-hydroxylation sites is 1. The third-order valence-electron chi connectivity index (χ3n) is 3.81. The van der Waals surface area contributed by atoms with Crippen molar-refractivity contribution in [3.8, 4) is 0 Å². The van der Waals surface area contributed by atoms with Gasteiger partial charge in [-0.1, -0.05) is 12.1 Å². The smallest absolute Gasteiger partial charge is 0.0951 e. The summed E-state index contributed by atoms with van der Waals surface area (Å²) >= 11 is 1.79. The Morgan fingerprint density at radius 2 is 2.05 bits per heavy atom. The topological polar surface area (TPSA) is 42.7 Å². The summed E-state index contributed by atoms with van der Waals surface area (Å²) < 4.78 is 3.21. The van der Waals surface area contributed by atoms with Gasteiger partial charge < -0.3 is 5.32 Å². The zero-order valence-electron chi connectivity index (χ0n) is 12.7. The second-order valence-corrected chi connectivity index (χ2v) is 6.39. The Morgan fingerprint density at radius 3 is 2.76 bits per heavy atom. The average molecular weight is 300 g/mol. The van der Waals surface area contributed by atoms with Crippen molar-refractivity contribution in [2.24, 2.45) is 7.05 Å². The van der Waals surface area contributed by atoms with Gasteiger partial charge in [0, 0.05) is 37.8 Å². The zero-order chi connectivity index (χ0) is 14.8. The summed E-state index contributed by atoms with van der Waals surface area (Å²) in [5.74, 6) is 0. The Balaban J connectivity index is 1.56. The summed E-state index contributed by atoms with van der Waals surface area (Å²) in [6.45, 7) is 5.99. The summed E-state index contributed by atoms with van der Waals surface area (Å²) in [5, 5.41) is 9.14. The molecule has 1 aromatic carbocycles. The highest BCUT2D eigenvalue weighted by Crippen LogP contribution is 2.21. The number of fused-ring (bicyclic) bond motifs is 1. The van der Waals surface area contributed by atoms with Gasteiger partial charge in [-0.15, -0.1) is 11.3 Å². The number of hydrogen-bond donors (Lipinski definition) is 1. The Kier molecular flexibility index (Phi) is 4.03. The molecular formula is C16H20N4S. The van der Waals surface area contributed by atoms with Gasteiger partial charge in [0.1, 0.15) is 0 Å². The second kappa shape index (κ2) is 5.95. The Morgan fingerprint density at radius 1 is 1.24 bits per heavy atom. The highest BCUT2D eigenvalue weighted by atomic mass is 32.1. The summed E-state index contributed by atoms with van der Waals surface area (Å²) in [6, 6.07) is 8.31. The van der Waals surface area contributed by atoms with E-state index >= 15 is 0 Å². The van der Waals surface area contributed by atoms with Gasteiger partial charge in [-0.3, -0.25) is 4.68 Å². The second-order valence-electron chi connectivity index (χ2n) is 5.28. The predicted octanol–water partition coefficient (Wildman–Crippen LogP) is 2.98. The fourth-order valence-corrected chi connectivity index (χ4v) is 3.48. The molecule has 21 heavy (non-hydrogen) atoms. The van der Waals surface area contributed by atoms with Crippen LogP contribution in [0.3, 0.4) is 0 Å². The van der Waals surface area contributed by atoms with Gasteiger partial charge in [-0.05, 0) is 26.0 Å². The lowest BCUT2D eigenvalue weighted by molar-refractivity contribution is 0.678. The van der Waals surface area contributed by atoms with E-state index < -0.39 is 0 Å². The third kappa shape index (κ3) is 2.99. The number of nitrogens with zero attached hydrogens (tertiary/aromatic N) is 3. The molecule has 0 aliphatic rings. The molecule has 2 aromatic heterocycles. The molecule has 3 rings (SSSR count). The van der Waals surface area contributed by atoms with Crippen molar-refractivity contribution in [3.05, 3.63) is 46.2 Å². The first-order valence-corrected chi connectivity index (χ1v) is 8.01. The highest BCUT2D eigenvalue weighted by Gasteiger charge is 2.08. The van der Waals surface area contributed by atoms with E-state index in [9.17, 15) is 0 Å². The van der Waals surface area contributed by atoms with Crippen LogP contribution in [-0.4, -0.2) is 21.3 Å². The largest absolute Gasteiger partial charge is 0.312 e. The maximum Gasteiger partial charge on any atom is 0.0951 e. The summed E-state index contributed by atoms with van der Waals surface area (Å²) in [6.07, 6.45) is 0.970. The summed E-state index contributed by atoms with van der Waals surface area (Å²) in [4.78, 5) is 4.66. The van der Waals surface area contributed by atoms with Crippen molar-refractivity contribution in [2.75, 3.05) is 6.54 Å². The third-order valence-corrected chi connectivity index (χ3v) is 4.91. The molecule has 0 amide bonds. The number of thiazole rings is 1. The van der Waals surface area contributed by atoms with Crippen LogP contribution in [-0.2, 0) is 20.0 Å². The van der Waals surface area contributed by atoms with E-state index in [4.69, 9.17) is 0 Å². The lowest BCUT2D eigenvalue weighted by Crippen LogP contribution is -2.17. The molecule has 0 unspecified atom stereocenters. The summed E-state index contributed by atoms with van der Waals surface area (Å²) in [5.41, 5.74) is 4.76. The van der Waals surface area contributed by atoms with Gasteiger partial charge in [0.25, 0.3) is 0 Å². The molecular weight excluding hydrogens is 280 g/mol. The van der Waals surface area contributed by atoms with Gasteiger partial charge in [0.05, 0.1) is 20.9 Å².